The zero-order valence-corrected chi connectivity index (χ0v) is 23.7. The molecule has 5 aliphatic carbocycles. The van der Waals surface area contributed by atoms with Crippen LogP contribution in [0.3, 0.4) is 0 Å². The van der Waals surface area contributed by atoms with Crippen molar-refractivity contribution in [3.63, 3.8) is 0 Å². The average Bonchev–Trinajstić information content (AvgIpc) is 3.20. The molecule has 3 heteroatoms. The van der Waals surface area contributed by atoms with Crippen molar-refractivity contribution in [2.24, 2.45) is 62.6 Å². The van der Waals surface area contributed by atoms with Crippen molar-refractivity contribution in [1.82, 2.24) is 0 Å². The molecule has 5 rings (SSSR count). The Morgan fingerprint density at radius 2 is 1.60 bits per heavy atom. The van der Waals surface area contributed by atoms with Crippen molar-refractivity contribution in [3.8, 4) is 0 Å². The van der Waals surface area contributed by atoms with E-state index in [2.05, 4.69) is 48.1 Å². The smallest absolute Gasteiger partial charge is 0.312 e. The monoisotopic (exact) mass is 484 g/mol. The summed E-state index contributed by atoms with van der Waals surface area (Å²) in [6, 6.07) is 0. The maximum Gasteiger partial charge on any atom is 0.312 e. The van der Waals surface area contributed by atoms with Gasteiger partial charge in [0, 0.05) is 6.61 Å². The third-order valence-electron chi connectivity index (χ3n) is 14.1. The van der Waals surface area contributed by atoms with E-state index in [1.54, 1.807) is 7.11 Å². The number of esters is 1. The molecule has 0 aromatic rings. The van der Waals surface area contributed by atoms with Crippen molar-refractivity contribution >= 4 is 5.97 Å². The lowest BCUT2D eigenvalue weighted by atomic mass is 9.32. The fourth-order valence-electron chi connectivity index (χ4n) is 12.1. The van der Waals surface area contributed by atoms with Crippen LogP contribution in [-0.4, -0.2) is 24.8 Å². The number of methoxy groups -OCH3 is 1. The zero-order valence-electron chi connectivity index (χ0n) is 23.7. The van der Waals surface area contributed by atoms with Gasteiger partial charge in [0.25, 0.3) is 0 Å². The Balaban J connectivity index is 1.55. The number of rotatable bonds is 3. The molecule has 0 radical (unpaired) electrons. The maximum atomic E-state index is 13.4. The number of carbonyl (C=O) groups excluding carboxylic acids is 1. The van der Waals surface area contributed by atoms with Crippen LogP contribution in [0.2, 0.25) is 0 Å². The van der Waals surface area contributed by atoms with Crippen molar-refractivity contribution in [1.29, 1.82) is 0 Å². The van der Waals surface area contributed by atoms with E-state index >= 15 is 0 Å². The van der Waals surface area contributed by atoms with Gasteiger partial charge in [0.05, 0.1) is 12.5 Å². The second-order valence-corrected chi connectivity index (χ2v) is 15.1. The van der Waals surface area contributed by atoms with Crippen molar-refractivity contribution in [3.05, 3.63) is 12.2 Å². The lowest BCUT2D eigenvalue weighted by molar-refractivity contribution is -0.245. The SMILES string of the molecule is C=C(C)[C@@H]1CC[C@]2(C(=O)OC)CC[C@]3(C)C(CCC4[C@@]5(C)CC[C@H](CO)C(C)(C)C5CC[C@]43C)C12. The molecule has 0 aliphatic heterocycles. The molecule has 4 unspecified atom stereocenters. The molecule has 35 heavy (non-hydrogen) atoms. The Kier molecular flexibility index (Phi) is 5.96. The van der Waals surface area contributed by atoms with E-state index in [0.29, 0.717) is 47.0 Å². The Morgan fingerprint density at radius 1 is 0.886 bits per heavy atom. The molecule has 0 aromatic carbocycles. The van der Waals surface area contributed by atoms with E-state index in [4.69, 9.17) is 4.74 Å². The summed E-state index contributed by atoms with van der Waals surface area (Å²) in [5.41, 5.74) is 2.07. The lowest BCUT2D eigenvalue weighted by Gasteiger charge is -2.73. The molecule has 0 spiro atoms. The quantitative estimate of drug-likeness (QED) is 0.335. The molecule has 0 heterocycles. The summed E-state index contributed by atoms with van der Waals surface area (Å²) in [4.78, 5) is 13.4. The summed E-state index contributed by atoms with van der Waals surface area (Å²) < 4.78 is 5.51. The van der Waals surface area contributed by atoms with Crippen LogP contribution in [-0.2, 0) is 9.53 Å². The van der Waals surface area contributed by atoms with Crippen LogP contribution in [0, 0.1) is 62.6 Å². The van der Waals surface area contributed by atoms with E-state index in [9.17, 15) is 9.90 Å². The van der Waals surface area contributed by atoms with Gasteiger partial charge >= 0.3 is 5.97 Å². The molecule has 5 aliphatic rings. The molecule has 0 amide bonds. The summed E-state index contributed by atoms with van der Waals surface area (Å²) in [5.74, 6) is 3.31. The van der Waals surface area contributed by atoms with E-state index in [-0.39, 0.29) is 22.2 Å². The number of aliphatic hydroxyl groups is 1. The maximum absolute atomic E-state index is 13.4. The molecule has 5 fully saturated rings. The van der Waals surface area contributed by atoms with Crippen molar-refractivity contribution in [2.45, 2.75) is 106 Å². The number of fused-ring (bicyclic) bond motifs is 7. The standard InChI is InChI=1S/C32H52O3/c1-20(2)22-12-16-32(27(34)35-8)18-17-30(6)23(26(22)32)9-10-25-29(5)14-11-21(19-33)28(3,4)24(29)13-15-31(25,30)7/h21-26,33H,1,9-19H2,2-8H3/t21-,22+,23?,24?,25?,26?,29+,30-,31-,32+/m1/s1. The van der Waals surface area contributed by atoms with Gasteiger partial charge in [-0.2, -0.15) is 0 Å². The van der Waals surface area contributed by atoms with Gasteiger partial charge < -0.3 is 9.84 Å². The molecule has 0 bridgehead atoms. The summed E-state index contributed by atoms with van der Waals surface area (Å²) in [6.45, 7) is 19.8. The number of allylic oxidation sites excluding steroid dienone is 1. The molecule has 10 atom stereocenters. The second kappa shape index (κ2) is 8.08. The third kappa shape index (κ3) is 3.09. The first kappa shape index (κ1) is 25.8. The first-order chi connectivity index (χ1) is 16.3. The molecular weight excluding hydrogens is 432 g/mol. The van der Waals surface area contributed by atoms with Crippen molar-refractivity contribution < 1.29 is 14.6 Å². The highest BCUT2D eigenvalue weighted by Gasteiger charge is 2.72. The third-order valence-corrected chi connectivity index (χ3v) is 14.1. The van der Waals surface area contributed by atoms with Crippen LogP contribution in [0.4, 0.5) is 0 Å². The number of carbonyl (C=O) groups is 1. The van der Waals surface area contributed by atoms with E-state index in [1.165, 1.54) is 37.7 Å². The average molecular weight is 485 g/mol. The number of hydrogen-bond donors (Lipinski definition) is 1. The summed E-state index contributed by atoms with van der Waals surface area (Å²) in [7, 11) is 1.60. The predicted molar refractivity (Wildman–Crippen MR) is 142 cm³/mol. The summed E-state index contributed by atoms with van der Waals surface area (Å²) >= 11 is 0. The van der Waals surface area contributed by atoms with Gasteiger partial charge in [0.15, 0.2) is 0 Å². The Hall–Kier alpha value is -0.830. The topological polar surface area (TPSA) is 46.5 Å². The highest BCUT2D eigenvalue weighted by Crippen LogP contribution is 2.77. The summed E-state index contributed by atoms with van der Waals surface area (Å²) in [5, 5.41) is 10.2. The van der Waals surface area contributed by atoms with E-state index < -0.39 is 0 Å². The van der Waals surface area contributed by atoms with Gasteiger partial charge in [0.1, 0.15) is 0 Å². The predicted octanol–water partition coefficient (Wildman–Crippen LogP) is 7.43. The zero-order chi connectivity index (χ0) is 25.6. The van der Waals surface area contributed by atoms with Gasteiger partial charge in [-0.05, 0) is 128 Å². The molecule has 1 N–H and O–H groups in total. The van der Waals surface area contributed by atoms with Crippen LogP contribution < -0.4 is 0 Å². The molecule has 198 valence electrons. The Labute approximate surface area is 214 Å². The highest BCUT2D eigenvalue weighted by atomic mass is 16.5. The first-order valence-electron chi connectivity index (χ1n) is 14.7. The molecule has 0 aromatic heterocycles. The Bertz CT molecular complexity index is 891. The van der Waals surface area contributed by atoms with Gasteiger partial charge in [-0.1, -0.05) is 46.8 Å². The van der Waals surface area contributed by atoms with Gasteiger partial charge in [-0.25, -0.2) is 0 Å². The fourth-order valence-corrected chi connectivity index (χ4v) is 12.1. The molecule has 0 saturated heterocycles. The minimum absolute atomic E-state index is 0.0559. The number of hydrogen-bond acceptors (Lipinski definition) is 3. The first-order valence-corrected chi connectivity index (χ1v) is 14.7. The number of ether oxygens (including phenoxy) is 1. The molecular formula is C32H52O3. The van der Waals surface area contributed by atoms with Crippen LogP contribution >= 0.6 is 0 Å². The van der Waals surface area contributed by atoms with Crippen LogP contribution in [0.5, 0.6) is 0 Å². The number of aliphatic hydroxyl groups excluding tert-OH is 1. The van der Waals surface area contributed by atoms with Gasteiger partial charge in [-0.15, -0.1) is 0 Å². The van der Waals surface area contributed by atoms with Crippen LogP contribution in [0.1, 0.15) is 106 Å². The fraction of sp³-hybridized carbons (Fsp3) is 0.906. The molecule has 3 nitrogen and oxygen atoms in total. The van der Waals surface area contributed by atoms with Gasteiger partial charge in [0.2, 0.25) is 0 Å². The van der Waals surface area contributed by atoms with Gasteiger partial charge in [-0.3, -0.25) is 4.79 Å². The minimum atomic E-state index is -0.298. The van der Waals surface area contributed by atoms with Crippen LogP contribution in [0.25, 0.3) is 0 Å². The van der Waals surface area contributed by atoms with Crippen molar-refractivity contribution in [2.75, 3.05) is 13.7 Å². The highest BCUT2D eigenvalue weighted by molar-refractivity contribution is 5.78. The van der Waals surface area contributed by atoms with Crippen LogP contribution in [0.15, 0.2) is 12.2 Å². The normalized spacial score (nSPS) is 52.5. The molecule has 5 saturated carbocycles. The minimum Gasteiger partial charge on any atom is -0.469 e. The Morgan fingerprint density at radius 3 is 2.23 bits per heavy atom. The second-order valence-electron chi connectivity index (χ2n) is 15.1. The lowest BCUT2D eigenvalue weighted by Crippen LogP contribution is -2.66. The van der Waals surface area contributed by atoms with E-state index in [0.717, 1.165) is 38.0 Å². The largest absolute Gasteiger partial charge is 0.469 e. The summed E-state index contributed by atoms with van der Waals surface area (Å²) in [6.07, 6.45) is 11.8. The van der Waals surface area contributed by atoms with E-state index in [1.807, 2.05) is 0 Å².